The smallest absolute Gasteiger partial charge is 0.308 e. The fraction of sp³-hybridized carbons (Fsp3) is 0.0714. The maximum absolute atomic E-state index is 12.0. The lowest BCUT2D eigenvalue weighted by Crippen LogP contribution is -2.08. The summed E-state index contributed by atoms with van der Waals surface area (Å²) >= 11 is 0. The van der Waals surface area contributed by atoms with Gasteiger partial charge in [0.1, 0.15) is 0 Å². The Bertz CT molecular complexity index is 1380. The molecule has 0 amide bonds. The highest BCUT2D eigenvalue weighted by Crippen LogP contribution is 2.48. The van der Waals surface area contributed by atoms with Crippen LogP contribution < -0.4 is 9.47 Å². The Morgan fingerprint density at radius 3 is 1.41 bits per heavy atom. The van der Waals surface area contributed by atoms with Crippen LogP contribution in [0.25, 0.3) is 32.7 Å². The van der Waals surface area contributed by atoms with E-state index in [1.54, 1.807) is 12.1 Å². The average molecular weight is 418 g/mol. The van der Waals surface area contributed by atoms with Crippen molar-refractivity contribution < 1.29 is 19.1 Å². The van der Waals surface area contributed by atoms with Crippen LogP contribution in [0.1, 0.15) is 25.0 Å². The SMILES string of the molecule is C#Cc1cc2ccccc2c(-c2c(OC(C)=O)c(C#C)cc3ccccc23)c1OC(C)=O. The van der Waals surface area contributed by atoms with Gasteiger partial charge in [-0.05, 0) is 33.7 Å². The molecule has 32 heavy (non-hydrogen) atoms. The molecule has 0 N–H and O–H groups in total. The summed E-state index contributed by atoms with van der Waals surface area (Å²) in [5.41, 5.74) is 1.88. The summed E-state index contributed by atoms with van der Waals surface area (Å²) < 4.78 is 11.3. The predicted molar refractivity (Wildman–Crippen MR) is 125 cm³/mol. The van der Waals surface area contributed by atoms with E-state index in [-0.39, 0.29) is 11.5 Å². The van der Waals surface area contributed by atoms with Crippen molar-refractivity contribution in [2.24, 2.45) is 0 Å². The first-order chi connectivity index (χ1) is 15.4. The Morgan fingerprint density at radius 1 is 0.688 bits per heavy atom. The lowest BCUT2D eigenvalue weighted by Gasteiger charge is -2.20. The molecule has 0 saturated heterocycles. The average Bonchev–Trinajstić information content (AvgIpc) is 2.78. The normalized spacial score (nSPS) is 10.4. The van der Waals surface area contributed by atoms with Crippen molar-refractivity contribution in [3.8, 4) is 47.3 Å². The van der Waals surface area contributed by atoms with Crippen molar-refractivity contribution in [2.45, 2.75) is 13.8 Å². The summed E-state index contributed by atoms with van der Waals surface area (Å²) in [6.45, 7) is 2.62. The van der Waals surface area contributed by atoms with Gasteiger partial charge in [-0.1, -0.05) is 60.4 Å². The second kappa shape index (κ2) is 8.30. The molecule has 0 fully saturated rings. The number of hydrogen-bond acceptors (Lipinski definition) is 4. The van der Waals surface area contributed by atoms with E-state index in [2.05, 4.69) is 11.8 Å². The summed E-state index contributed by atoms with van der Waals surface area (Å²) in [5, 5.41) is 3.23. The lowest BCUT2D eigenvalue weighted by atomic mass is 9.89. The topological polar surface area (TPSA) is 52.6 Å². The van der Waals surface area contributed by atoms with Gasteiger partial charge in [-0.15, -0.1) is 12.8 Å². The van der Waals surface area contributed by atoms with E-state index in [4.69, 9.17) is 22.3 Å². The number of rotatable bonds is 3. The Kier molecular flexibility index (Phi) is 5.37. The first kappa shape index (κ1) is 20.7. The van der Waals surface area contributed by atoms with Crippen molar-refractivity contribution in [1.82, 2.24) is 0 Å². The van der Waals surface area contributed by atoms with E-state index in [0.717, 1.165) is 21.5 Å². The van der Waals surface area contributed by atoms with Crippen LogP contribution in [0.3, 0.4) is 0 Å². The molecule has 4 aromatic carbocycles. The molecule has 154 valence electrons. The predicted octanol–water partition coefficient (Wildman–Crippen LogP) is 5.47. The van der Waals surface area contributed by atoms with Gasteiger partial charge in [0.25, 0.3) is 0 Å². The molecular weight excluding hydrogens is 400 g/mol. The third-order valence-electron chi connectivity index (χ3n) is 5.06. The molecule has 0 heterocycles. The summed E-state index contributed by atoms with van der Waals surface area (Å²) in [6.07, 6.45) is 11.6. The van der Waals surface area contributed by atoms with E-state index in [1.165, 1.54) is 13.8 Å². The molecule has 0 unspecified atom stereocenters. The molecule has 0 radical (unpaired) electrons. The van der Waals surface area contributed by atoms with Gasteiger partial charge in [0.15, 0.2) is 11.5 Å². The first-order valence-electron chi connectivity index (χ1n) is 9.86. The second-order valence-electron chi connectivity index (χ2n) is 7.17. The summed E-state index contributed by atoms with van der Waals surface area (Å²) in [5.74, 6) is 4.61. The van der Waals surface area contributed by atoms with Crippen LogP contribution >= 0.6 is 0 Å². The van der Waals surface area contributed by atoms with Gasteiger partial charge in [0, 0.05) is 25.0 Å². The molecule has 4 aromatic rings. The molecule has 4 heteroatoms. The molecule has 4 rings (SSSR count). The number of benzene rings is 4. The number of carbonyl (C=O) groups is 2. The summed E-state index contributed by atoms with van der Waals surface area (Å²) in [7, 11) is 0. The minimum absolute atomic E-state index is 0.214. The van der Waals surface area contributed by atoms with Gasteiger partial charge in [0.2, 0.25) is 0 Å². The monoisotopic (exact) mass is 418 g/mol. The quantitative estimate of drug-likeness (QED) is 0.251. The Morgan fingerprint density at radius 2 is 1.06 bits per heavy atom. The maximum Gasteiger partial charge on any atom is 0.308 e. The molecule has 0 saturated carbocycles. The number of carbonyl (C=O) groups excluding carboxylic acids is 2. The van der Waals surface area contributed by atoms with Crippen LogP contribution in [0.5, 0.6) is 11.5 Å². The number of terminal acetylenes is 2. The molecule has 4 nitrogen and oxygen atoms in total. The number of hydrogen-bond donors (Lipinski definition) is 0. The van der Waals surface area contributed by atoms with Crippen LogP contribution in [0, 0.1) is 24.7 Å². The second-order valence-corrected chi connectivity index (χ2v) is 7.17. The van der Waals surface area contributed by atoms with E-state index in [1.807, 2.05) is 48.5 Å². The van der Waals surface area contributed by atoms with E-state index in [0.29, 0.717) is 22.3 Å². The zero-order valence-electron chi connectivity index (χ0n) is 17.6. The third kappa shape index (κ3) is 3.55. The molecule has 0 atom stereocenters. The molecule has 0 aliphatic carbocycles. The van der Waals surface area contributed by atoms with Gasteiger partial charge in [0.05, 0.1) is 11.1 Å². The van der Waals surface area contributed by atoms with Crippen molar-refractivity contribution in [2.75, 3.05) is 0 Å². The standard InChI is InChI=1S/C28H18O4/c1-5-19-15-21-11-7-9-13-23(21)25(27(19)31-17(3)29)26-24-14-10-8-12-22(24)16-20(6-2)28(26)32-18(4)30/h1-2,7-16H,3-4H3. The van der Waals surface area contributed by atoms with Crippen LogP contribution in [0.4, 0.5) is 0 Å². The zero-order chi connectivity index (χ0) is 22.8. The van der Waals surface area contributed by atoms with Crippen LogP contribution in [0.15, 0.2) is 60.7 Å². The lowest BCUT2D eigenvalue weighted by molar-refractivity contribution is -0.132. The van der Waals surface area contributed by atoms with Gasteiger partial charge >= 0.3 is 11.9 Å². The highest BCUT2D eigenvalue weighted by molar-refractivity contribution is 6.12. The minimum atomic E-state index is -0.524. The minimum Gasteiger partial charge on any atom is -0.425 e. The van der Waals surface area contributed by atoms with E-state index in [9.17, 15) is 9.59 Å². The van der Waals surface area contributed by atoms with Crippen molar-refractivity contribution in [3.05, 3.63) is 71.8 Å². The van der Waals surface area contributed by atoms with Gasteiger partial charge in [-0.2, -0.15) is 0 Å². The van der Waals surface area contributed by atoms with Crippen LogP contribution in [0.2, 0.25) is 0 Å². The van der Waals surface area contributed by atoms with Crippen molar-refractivity contribution >= 4 is 33.5 Å². The fourth-order valence-electron chi connectivity index (χ4n) is 3.87. The Labute approximate surface area is 185 Å². The molecule has 0 aromatic heterocycles. The van der Waals surface area contributed by atoms with Gasteiger partial charge < -0.3 is 9.47 Å². The van der Waals surface area contributed by atoms with E-state index < -0.39 is 11.9 Å². The van der Waals surface area contributed by atoms with Crippen molar-refractivity contribution in [3.63, 3.8) is 0 Å². The Balaban J connectivity index is 2.31. The molecule has 0 spiro atoms. The van der Waals surface area contributed by atoms with Crippen molar-refractivity contribution in [1.29, 1.82) is 0 Å². The molecule has 0 bridgehead atoms. The third-order valence-corrected chi connectivity index (χ3v) is 5.06. The summed E-state index contributed by atoms with van der Waals surface area (Å²) in [6, 6.07) is 18.7. The van der Waals surface area contributed by atoms with E-state index >= 15 is 0 Å². The van der Waals surface area contributed by atoms with Gasteiger partial charge in [-0.25, -0.2) is 0 Å². The number of esters is 2. The zero-order valence-corrected chi connectivity index (χ0v) is 17.6. The van der Waals surface area contributed by atoms with Crippen LogP contribution in [-0.4, -0.2) is 11.9 Å². The molecule has 0 aliphatic heterocycles. The highest BCUT2D eigenvalue weighted by Gasteiger charge is 2.25. The fourth-order valence-corrected chi connectivity index (χ4v) is 3.87. The van der Waals surface area contributed by atoms with Gasteiger partial charge in [-0.3, -0.25) is 9.59 Å². The molecular formula is C28H18O4. The maximum atomic E-state index is 12.0. The summed E-state index contributed by atoms with van der Waals surface area (Å²) in [4.78, 5) is 24.1. The molecule has 0 aliphatic rings. The number of fused-ring (bicyclic) bond motifs is 2. The number of ether oxygens (including phenoxy) is 2. The Hall–Kier alpha value is -4.54. The highest BCUT2D eigenvalue weighted by atomic mass is 16.5. The van der Waals surface area contributed by atoms with Crippen LogP contribution in [-0.2, 0) is 9.59 Å². The largest absolute Gasteiger partial charge is 0.425 e. The first-order valence-corrected chi connectivity index (χ1v) is 9.86.